The molecule has 0 atom stereocenters. The van der Waals surface area contributed by atoms with Crippen LogP contribution in [0.5, 0.6) is 0 Å². The number of aromatic nitrogens is 2. The van der Waals surface area contributed by atoms with Gasteiger partial charge < -0.3 is 13.7 Å². The van der Waals surface area contributed by atoms with Gasteiger partial charge >= 0.3 is 0 Å². The molecular formula is C31H26N4O2S. The van der Waals surface area contributed by atoms with E-state index in [4.69, 9.17) is 9.40 Å². The highest BCUT2D eigenvalue weighted by atomic mass is 32.1. The summed E-state index contributed by atoms with van der Waals surface area (Å²) in [4.78, 5) is 23.3. The molecule has 5 heterocycles. The first-order chi connectivity index (χ1) is 18.7. The molecule has 0 bridgehead atoms. The summed E-state index contributed by atoms with van der Waals surface area (Å²) in [6.45, 7) is 3.69. The first-order valence-electron chi connectivity index (χ1n) is 12.8. The number of thiophene rings is 1. The maximum Gasteiger partial charge on any atom is 0.289 e. The van der Waals surface area contributed by atoms with E-state index in [0.717, 1.165) is 36.5 Å². The molecular weight excluding hydrogens is 492 g/mol. The van der Waals surface area contributed by atoms with Gasteiger partial charge in [-0.15, -0.1) is 11.3 Å². The first kappa shape index (κ1) is 23.0. The number of piperazine rings is 1. The van der Waals surface area contributed by atoms with Gasteiger partial charge in [-0.1, -0.05) is 48.5 Å². The number of carbonyl (C=O) groups is 1. The Bertz CT molecular complexity index is 1700. The second kappa shape index (κ2) is 9.59. The van der Waals surface area contributed by atoms with Gasteiger partial charge in [-0.3, -0.25) is 9.69 Å². The van der Waals surface area contributed by atoms with Crippen LogP contribution in [-0.2, 0) is 6.54 Å². The molecule has 1 aliphatic heterocycles. The minimum atomic E-state index is -0.0394. The average molecular weight is 519 g/mol. The zero-order chi connectivity index (χ0) is 25.5. The number of furan rings is 1. The summed E-state index contributed by atoms with van der Waals surface area (Å²) in [6.07, 6.45) is 3.78. The van der Waals surface area contributed by atoms with Crippen LogP contribution in [0.15, 0.2) is 102 Å². The van der Waals surface area contributed by atoms with Gasteiger partial charge in [-0.05, 0) is 41.8 Å². The van der Waals surface area contributed by atoms with Crippen molar-refractivity contribution < 1.29 is 9.21 Å². The normalized spacial score (nSPS) is 14.5. The molecule has 0 spiro atoms. The van der Waals surface area contributed by atoms with E-state index >= 15 is 0 Å². The molecule has 6 aromatic rings. The van der Waals surface area contributed by atoms with Crippen molar-refractivity contribution in [3.8, 4) is 21.7 Å². The van der Waals surface area contributed by atoms with Gasteiger partial charge in [-0.25, -0.2) is 4.98 Å². The fraction of sp³-hybridized carbons (Fsp3) is 0.161. The van der Waals surface area contributed by atoms with Crippen LogP contribution in [0.2, 0.25) is 0 Å². The van der Waals surface area contributed by atoms with Crippen molar-refractivity contribution in [3.63, 3.8) is 0 Å². The predicted octanol–water partition coefficient (Wildman–Crippen LogP) is 6.43. The lowest BCUT2D eigenvalue weighted by molar-refractivity contribution is 0.0596. The second-order valence-electron chi connectivity index (χ2n) is 9.61. The molecule has 0 saturated carbocycles. The van der Waals surface area contributed by atoms with Crippen molar-refractivity contribution in [1.82, 2.24) is 19.2 Å². The van der Waals surface area contributed by atoms with Crippen LogP contribution in [-0.4, -0.2) is 51.3 Å². The monoisotopic (exact) mass is 518 g/mol. The van der Waals surface area contributed by atoms with Gasteiger partial charge in [0.25, 0.3) is 5.91 Å². The molecule has 0 radical (unpaired) electrons. The van der Waals surface area contributed by atoms with E-state index in [2.05, 4.69) is 82.2 Å². The molecule has 7 rings (SSSR count). The summed E-state index contributed by atoms with van der Waals surface area (Å²) in [7, 11) is 0. The summed E-state index contributed by atoms with van der Waals surface area (Å²) < 4.78 is 8.87. The summed E-state index contributed by atoms with van der Waals surface area (Å²) in [6, 6.07) is 29.0. The molecule has 1 saturated heterocycles. The van der Waals surface area contributed by atoms with Gasteiger partial charge in [0.05, 0.1) is 17.7 Å². The SMILES string of the molecule is O=C(c1ccco1)N1CCN(Cc2c(-c3ccccc3)nc3ccc(-c4cc5ccccc5s4)cn23)CC1. The van der Waals surface area contributed by atoms with E-state index in [1.807, 2.05) is 22.3 Å². The lowest BCUT2D eigenvalue weighted by atomic mass is 10.1. The van der Waals surface area contributed by atoms with Gasteiger partial charge in [0.2, 0.25) is 0 Å². The fourth-order valence-corrected chi connectivity index (χ4v) is 6.27. The summed E-state index contributed by atoms with van der Waals surface area (Å²) >= 11 is 1.82. The number of hydrogen-bond donors (Lipinski definition) is 0. The largest absolute Gasteiger partial charge is 0.459 e. The number of amides is 1. The molecule has 1 fully saturated rings. The maximum absolute atomic E-state index is 12.7. The number of carbonyl (C=O) groups excluding carboxylic acids is 1. The quantitative estimate of drug-likeness (QED) is 0.264. The lowest BCUT2D eigenvalue weighted by Crippen LogP contribution is -2.48. The van der Waals surface area contributed by atoms with E-state index in [1.54, 1.807) is 18.4 Å². The van der Waals surface area contributed by atoms with Crippen LogP contribution in [0, 0.1) is 0 Å². The molecule has 1 amide bonds. The van der Waals surface area contributed by atoms with E-state index in [-0.39, 0.29) is 5.91 Å². The molecule has 6 nitrogen and oxygen atoms in total. The van der Waals surface area contributed by atoms with Gasteiger partial charge in [0.15, 0.2) is 5.76 Å². The number of benzene rings is 2. The van der Waals surface area contributed by atoms with E-state index in [9.17, 15) is 4.79 Å². The van der Waals surface area contributed by atoms with Crippen molar-refractivity contribution in [1.29, 1.82) is 0 Å². The predicted molar refractivity (Wildman–Crippen MR) is 151 cm³/mol. The number of fused-ring (bicyclic) bond motifs is 2. The molecule has 0 N–H and O–H groups in total. The standard InChI is InChI=1S/C31H26N4O2S/c36-31(26-10-6-18-37-26)34-16-14-33(15-17-34)21-25-30(22-7-2-1-3-8-22)32-29-13-12-24(20-35(25)29)28-19-23-9-4-5-11-27(23)38-28/h1-13,18-20H,14-17,21H2. The van der Waals surface area contributed by atoms with Crippen molar-refractivity contribution in [2.24, 2.45) is 0 Å². The summed E-state index contributed by atoms with van der Waals surface area (Å²) in [5.41, 5.74) is 5.41. The third kappa shape index (κ3) is 4.20. The Morgan fingerprint density at radius 1 is 0.868 bits per heavy atom. The molecule has 0 unspecified atom stereocenters. The Hall–Kier alpha value is -4.20. The lowest BCUT2D eigenvalue weighted by Gasteiger charge is -2.34. The maximum atomic E-state index is 12.7. The van der Waals surface area contributed by atoms with Crippen molar-refractivity contribution >= 4 is 33.0 Å². The van der Waals surface area contributed by atoms with Crippen LogP contribution < -0.4 is 0 Å². The van der Waals surface area contributed by atoms with Gasteiger partial charge in [0.1, 0.15) is 5.65 Å². The van der Waals surface area contributed by atoms with E-state index in [0.29, 0.717) is 18.8 Å². The summed E-state index contributed by atoms with van der Waals surface area (Å²) in [5, 5.41) is 1.27. The van der Waals surface area contributed by atoms with Crippen LogP contribution in [0.4, 0.5) is 0 Å². The van der Waals surface area contributed by atoms with Gasteiger partial charge in [-0.2, -0.15) is 0 Å². The number of hydrogen-bond acceptors (Lipinski definition) is 5. The van der Waals surface area contributed by atoms with Crippen molar-refractivity contribution in [2.45, 2.75) is 6.54 Å². The minimum absolute atomic E-state index is 0.0394. The second-order valence-corrected chi connectivity index (χ2v) is 10.7. The number of pyridine rings is 1. The zero-order valence-corrected chi connectivity index (χ0v) is 21.6. The van der Waals surface area contributed by atoms with E-state index < -0.39 is 0 Å². The average Bonchev–Trinajstić information content (AvgIpc) is 3.72. The van der Waals surface area contributed by atoms with Crippen LogP contribution >= 0.6 is 11.3 Å². The van der Waals surface area contributed by atoms with Crippen LogP contribution in [0.25, 0.3) is 37.4 Å². The highest BCUT2D eigenvalue weighted by Gasteiger charge is 2.25. The molecule has 0 aliphatic carbocycles. The number of nitrogens with zero attached hydrogens (tertiary/aromatic N) is 4. The molecule has 38 heavy (non-hydrogen) atoms. The minimum Gasteiger partial charge on any atom is -0.459 e. The Morgan fingerprint density at radius 3 is 2.47 bits per heavy atom. The third-order valence-corrected chi connectivity index (χ3v) is 8.40. The smallest absolute Gasteiger partial charge is 0.289 e. The summed E-state index contributed by atoms with van der Waals surface area (Å²) in [5.74, 6) is 0.364. The zero-order valence-electron chi connectivity index (χ0n) is 20.8. The van der Waals surface area contributed by atoms with Gasteiger partial charge in [0, 0.05) is 59.6 Å². The molecule has 4 aromatic heterocycles. The molecule has 2 aromatic carbocycles. The van der Waals surface area contributed by atoms with Crippen LogP contribution in [0.3, 0.4) is 0 Å². The third-order valence-electron chi connectivity index (χ3n) is 7.24. The Labute approximate surface area is 224 Å². The Balaban J connectivity index is 1.22. The molecule has 7 heteroatoms. The highest BCUT2D eigenvalue weighted by molar-refractivity contribution is 7.22. The topological polar surface area (TPSA) is 54.0 Å². The fourth-order valence-electron chi connectivity index (χ4n) is 5.22. The van der Waals surface area contributed by atoms with Crippen molar-refractivity contribution in [3.05, 3.63) is 109 Å². The molecule has 1 aliphatic rings. The first-order valence-corrected chi connectivity index (χ1v) is 13.6. The van der Waals surface area contributed by atoms with Crippen LogP contribution in [0.1, 0.15) is 16.2 Å². The highest BCUT2D eigenvalue weighted by Crippen LogP contribution is 2.35. The number of rotatable bonds is 5. The molecule has 188 valence electrons. The Kier molecular flexibility index (Phi) is 5.80. The Morgan fingerprint density at radius 2 is 1.68 bits per heavy atom. The van der Waals surface area contributed by atoms with Crippen molar-refractivity contribution in [2.75, 3.05) is 26.2 Å². The number of imidazole rings is 1. The van der Waals surface area contributed by atoms with E-state index in [1.165, 1.54) is 26.2 Å².